The number of anilines is 1. The van der Waals surface area contributed by atoms with Crippen LogP contribution >= 0.6 is 0 Å². The zero-order valence-electron chi connectivity index (χ0n) is 14.4. The highest BCUT2D eigenvalue weighted by atomic mass is 16.1. The number of hydrogen-bond donors (Lipinski definition) is 1. The van der Waals surface area contributed by atoms with Crippen LogP contribution in [-0.2, 0) is 0 Å². The third-order valence-corrected chi connectivity index (χ3v) is 4.29. The Morgan fingerprint density at radius 3 is 2.58 bits per heavy atom. The molecule has 1 amide bonds. The molecule has 0 saturated heterocycles. The fourth-order valence-electron chi connectivity index (χ4n) is 2.97. The summed E-state index contributed by atoms with van der Waals surface area (Å²) in [5.41, 5.74) is 5.28. The maximum Gasteiger partial charge on any atom is 0.255 e. The molecule has 1 heterocycles. The number of nitrogens with one attached hydrogen (secondary N) is 1. The van der Waals surface area contributed by atoms with Gasteiger partial charge in [0, 0.05) is 22.2 Å². The van der Waals surface area contributed by atoms with Gasteiger partial charge in [0.15, 0.2) is 0 Å². The largest absolute Gasteiger partial charge is 0.322 e. The number of fused-ring (bicyclic) bond motifs is 1. The number of rotatable bonds is 3. The van der Waals surface area contributed by atoms with Gasteiger partial charge >= 0.3 is 0 Å². The van der Waals surface area contributed by atoms with Crippen LogP contribution < -0.4 is 5.32 Å². The zero-order valence-corrected chi connectivity index (χ0v) is 14.4. The highest BCUT2D eigenvalue weighted by Crippen LogP contribution is 2.24. The van der Waals surface area contributed by atoms with Crippen LogP contribution in [0.25, 0.3) is 22.2 Å². The molecule has 0 unspecified atom stereocenters. The van der Waals surface area contributed by atoms with E-state index in [2.05, 4.69) is 11.4 Å². The molecule has 0 bridgehead atoms. The molecule has 0 spiro atoms. The highest BCUT2D eigenvalue weighted by molar-refractivity contribution is 6.04. The van der Waals surface area contributed by atoms with Gasteiger partial charge in [0.1, 0.15) is 0 Å². The maximum atomic E-state index is 12.5. The average Bonchev–Trinajstić information content (AvgIpc) is 2.68. The first-order valence-electron chi connectivity index (χ1n) is 8.53. The second-order valence-electron chi connectivity index (χ2n) is 6.29. The van der Waals surface area contributed by atoms with Crippen molar-refractivity contribution in [3.05, 3.63) is 96.1 Å². The Labute approximate surface area is 152 Å². The van der Waals surface area contributed by atoms with Crippen LogP contribution in [0.3, 0.4) is 0 Å². The summed E-state index contributed by atoms with van der Waals surface area (Å²) in [5, 5.41) is 4.08. The smallest absolute Gasteiger partial charge is 0.255 e. The lowest BCUT2D eigenvalue weighted by Crippen LogP contribution is -2.11. The fourth-order valence-corrected chi connectivity index (χ4v) is 2.97. The Balaban J connectivity index is 1.62. The van der Waals surface area contributed by atoms with Crippen LogP contribution in [0.5, 0.6) is 0 Å². The summed E-state index contributed by atoms with van der Waals surface area (Å²) < 4.78 is 0. The molecule has 0 atom stereocenters. The lowest BCUT2D eigenvalue weighted by molar-refractivity contribution is 0.102. The van der Waals surface area contributed by atoms with E-state index in [9.17, 15) is 4.79 Å². The van der Waals surface area contributed by atoms with E-state index in [0.29, 0.717) is 5.56 Å². The Kier molecular flexibility index (Phi) is 4.20. The number of aryl methyl sites for hydroxylation is 1. The minimum atomic E-state index is -0.114. The van der Waals surface area contributed by atoms with E-state index in [1.807, 2.05) is 85.8 Å². The standard InChI is InChI=1S/C23H18N2O/c1-16-6-4-9-19(14-16)23(26)24-20-10-5-8-18(15-20)22-13-12-17-7-2-3-11-21(17)25-22/h2-15H,1H3,(H,24,26). The second kappa shape index (κ2) is 6.81. The predicted octanol–water partition coefficient (Wildman–Crippen LogP) is 5.46. The molecule has 126 valence electrons. The van der Waals surface area contributed by atoms with E-state index < -0.39 is 0 Å². The van der Waals surface area contributed by atoms with Gasteiger partial charge < -0.3 is 5.32 Å². The molecule has 0 aliphatic carbocycles. The Hall–Kier alpha value is -3.46. The van der Waals surface area contributed by atoms with Crippen molar-refractivity contribution in [2.75, 3.05) is 5.32 Å². The van der Waals surface area contributed by atoms with Gasteiger partial charge in [-0.2, -0.15) is 0 Å². The molecule has 4 rings (SSSR count). The number of aromatic nitrogens is 1. The molecule has 0 fully saturated rings. The molecule has 3 heteroatoms. The third kappa shape index (κ3) is 3.33. The molecule has 0 radical (unpaired) electrons. The van der Waals surface area contributed by atoms with Crippen LogP contribution in [0.4, 0.5) is 5.69 Å². The summed E-state index contributed by atoms with van der Waals surface area (Å²) in [5.74, 6) is -0.114. The number of amides is 1. The summed E-state index contributed by atoms with van der Waals surface area (Å²) in [7, 11) is 0. The van der Waals surface area contributed by atoms with Crippen molar-refractivity contribution in [1.29, 1.82) is 0 Å². The van der Waals surface area contributed by atoms with Crippen LogP contribution in [-0.4, -0.2) is 10.9 Å². The number of nitrogens with zero attached hydrogens (tertiary/aromatic N) is 1. The van der Waals surface area contributed by atoms with Crippen molar-refractivity contribution in [3.63, 3.8) is 0 Å². The van der Waals surface area contributed by atoms with E-state index in [1.165, 1.54) is 0 Å². The third-order valence-electron chi connectivity index (χ3n) is 4.29. The van der Waals surface area contributed by atoms with Gasteiger partial charge in [0.25, 0.3) is 5.91 Å². The van der Waals surface area contributed by atoms with E-state index >= 15 is 0 Å². The first-order valence-corrected chi connectivity index (χ1v) is 8.53. The molecular weight excluding hydrogens is 320 g/mol. The molecule has 1 N–H and O–H groups in total. The molecule has 0 aliphatic rings. The van der Waals surface area contributed by atoms with Crippen molar-refractivity contribution >= 4 is 22.5 Å². The second-order valence-corrected chi connectivity index (χ2v) is 6.29. The molecular formula is C23H18N2O. The monoisotopic (exact) mass is 338 g/mol. The first kappa shape index (κ1) is 16.0. The Morgan fingerprint density at radius 2 is 1.69 bits per heavy atom. The quantitative estimate of drug-likeness (QED) is 0.539. The number of hydrogen-bond acceptors (Lipinski definition) is 2. The lowest BCUT2D eigenvalue weighted by atomic mass is 10.1. The van der Waals surface area contributed by atoms with Gasteiger partial charge in [0.05, 0.1) is 11.2 Å². The van der Waals surface area contributed by atoms with Crippen molar-refractivity contribution in [2.45, 2.75) is 6.92 Å². The number of pyridine rings is 1. The molecule has 0 aliphatic heterocycles. The van der Waals surface area contributed by atoms with E-state index in [4.69, 9.17) is 4.98 Å². The average molecular weight is 338 g/mol. The van der Waals surface area contributed by atoms with Gasteiger partial charge in [-0.05, 0) is 43.3 Å². The van der Waals surface area contributed by atoms with E-state index in [-0.39, 0.29) is 5.91 Å². The van der Waals surface area contributed by atoms with E-state index in [0.717, 1.165) is 33.4 Å². The zero-order chi connectivity index (χ0) is 17.9. The molecule has 1 aromatic heterocycles. The Bertz CT molecular complexity index is 1100. The van der Waals surface area contributed by atoms with Crippen molar-refractivity contribution < 1.29 is 4.79 Å². The molecule has 3 nitrogen and oxygen atoms in total. The van der Waals surface area contributed by atoms with Crippen molar-refractivity contribution in [2.24, 2.45) is 0 Å². The van der Waals surface area contributed by atoms with Gasteiger partial charge in [0.2, 0.25) is 0 Å². The number of carbonyl (C=O) groups is 1. The van der Waals surface area contributed by atoms with Crippen LogP contribution in [0.1, 0.15) is 15.9 Å². The number of carbonyl (C=O) groups excluding carboxylic acids is 1. The summed E-state index contributed by atoms with van der Waals surface area (Å²) in [6.07, 6.45) is 0. The summed E-state index contributed by atoms with van der Waals surface area (Å²) in [6.45, 7) is 1.97. The van der Waals surface area contributed by atoms with Crippen LogP contribution in [0.15, 0.2) is 84.9 Å². The lowest BCUT2D eigenvalue weighted by Gasteiger charge is -2.08. The first-order chi connectivity index (χ1) is 12.7. The van der Waals surface area contributed by atoms with E-state index in [1.54, 1.807) is 0 Å². The molecule has 4 aromatic rings. The van der Waals surface area contributed by atoms with Gasteiger partial charge in [-0.15, -0.1) is 0 Å². The minimum Gasteiger partial charge on any atom is -0.322 e. The van der Waals surface area contributed by atoms with Gasteiger partial charge in [-0.25, -0.2) is 4.98 Å². The summed E-state index contributed by atoms with van der Waals surface area (Å²) in [6, 6.07) is 27.4. The predicted molar refractivity (Wildman–Crippen MR) is 106 cm³/mol. The topological polar surface area (TPSA) is 42.0 Å². The van der Waals surface area contributed by atoms with Crippen molar-refractivity contribution in [3.8, 4) is 11.3 Å². The van der Waals surface area contributed by atoms with Gasteiger partial charge in [-0.1, -0.05) is 54.1 Å². The Morgan fingerprint density at radius 1 is 0.846 bits per heavy atom. The van der Waals surface area contributed by atoms with Crippen LogP contribution in [0.2, 0.25) is 0 Å². The summed E-state index contributed by atoms with van der Waals surface area (Å²) in [4.78, 5) is 17.2. The molecule has 0 saturated carbocycles. The molecule has 26 heavy (non-hydrogen) atoms. The number of benzene rings is 3. The maximum absolute atomic E-state index is 12.5. The normalized spacial score (nSPS) is 10.7. The van der Waals surface area contributed by atoms with Gasteiger partial charge in [-0.3, -0.25) is 4.79 Å². The fraction of sp³-hybridized carbons (Fsp3) is 0.0435. The SMILES string of the molecule is Cc1cccc(C(=O)Nc2cccc(-c3ccc4ccccc4n3)c2)c1. The minimum absolute atomic E-state index is 0.114. The highest BCUT2D eigenvalue weighted by Gasteiger charge is 2.08. The van der Waals surface area contributed by atoms with Crippen molar-refractivity contribution in [1.82, 2.24) is 4.98 Å². The summed E-state index contributed by atoms with van der Waals surface area (Å²) >= 11 is 0. The number of para-hydroxylation sites is 1. The molecule has 3 aromatic carbocycles. The van der Waals surface area contributed by atoms with Crippen LogP contribution in [0, 0.1) is 6.92 Å².